The molecule has 0 aliphatic rings. The van der Waals surface area contributed by atoms with E-state index < -0.39 is 0 Å². The van der Waals surface area contributed by atoms with E-state index in [-0.39, 0.29) is 12.3 Å². The number of Topliss-reactive ketones (excluding diaryl/α,β-unsaturated/α-hetero) is 1. The number of fused-ring (bicyclic) bond motifs is 1. The molecule has 0 spiro atoms. The molecule has 2 aromatic carbocycles. The molecule has 0 bridgehead atoms. The second-order valence-electron chi connectivity index (χ2n) is 4.96. The van der Waals surface area contributed by atoms with Gasteiger partial charge in [-0.15, -0.1) is 5.10 Å². The Morgan fingerprint density at radius 2 is 1.80 bits per heavy atom. The van der Waals surface area contributed by atoms with Crippen molar-refractivity contribution >= 4 is 16.8 Å². The van der Waals surface area contributed by atoms with Crippen molar-refractivity contribution in [1.29, 1.82) is 0 Å². The lowest BCUT2D eigenvalue weighted by Crippen LogP contribution is -2.11. The van der Waals surface area contributed by atoms with Gasteiger partial charge in [0.15, 0.2) is 5.78 Å². The third-order valence-electron chi connectivity index (χ3n) is 3.52. The predicted molar refractivity (Wildman–Crippen MR) is 77.8 cm³/mol. The van der Waals surface area contributed by atoms with Gasteiger partial charge in [-0.3, -0.25) is 4.79 Å². The molecule has 4 heteroatoms. The molecule has 0 aliphatic heterocycles. The van der Waals surface area contributed by atoms with Crippen LogP contribution >= 0.6 is 0 Å². The van der Waals surface area contributed by atoms with Gasteiger partial charge in [0.05, 0.1) is 5.52 Å². The molecule has 0 unspecified atom stereocenters. The maximum Gasteiger partial charge on any atom is 0.184 e. The molecule has 0 aliphatic carbocycles. The maximum atomic E-state index is 12.2. The van der Waals surface area contributed by atoms with Crippen LogP contribution in [0.1, 0.15) is 21.5 Å². The number of aromatic nitrogens is 3. The zero-order chi connectivity index (χ0) is 14.1. The second-order valence-corrected chi connectivity index (χ2v) is 4.96. The number of hydrogen-bond donors (Lipinski definition) is 0. The van der Waals surface area contributed by atoms with E-state index in [1.165, 1.54) is 11.1 Å². The lowest BCUT2D eigenvalue weighted by Gasteiger charge is -2.04. The lowest BCUT2D eigenvalue weighted by molar-refractivity contribution is 0.0968. The summed E-state index contributed by atoms with van der Waals surface area (Å²) in [5, 5.41) is 8.22. The molecule has 20 heavy (non-hydrogen) atoms. The summed E-state index contributed by atoms with van der Waals surface area (Å²) in [5.74, 6) is 0.0376. The van der Waals surface area contributed by atoms with Crippen LogP contribution in [0.5, 0.6) is 0 Å². The van der Waals surface area contributed by atoms with Gasteiger partial charge < -0.3 is 0 Å². The molecule has 1 heterocycles. The van der Waals surface area contributed by atoms with E-state index in [0.717, 1.165) is 11.0 Å². The lowest BCUT2D eigenvalue weighted by atomic mass is 10.1. The van der Waals surface area contributed by atoms with Crippen LogP contribution in [-0.2, 0) is 6.54 Å². The maximum absolute atomic E-state index is 12.2. The summed E-state index contributed by atoms with van der Waals surface area (Å²) in [7, 11) is 0. The molecule has 0 radical (unpaired) electrons. The van der Waals surface area contributed by atoms with Gasteiger partial charge in [-0.05, 0) is 37.1 Å². The Kier molecular flexibility index (Phi) is 3.06. The van der Waals surface area contributed by atoms with Gasteiger partial charge in [0, 0.05) is 5.56 Å². The van der Waals surface area contributed by atoms with E-state index in [9.17, 15) is 4.79 Å². The topological polar surface area (TPSA) is 47.8 Å². The zero-order valence-corrected chi connectivity index (χ0v) is 11.5. The highest BCUT2D eigenvalue weighted by Crippen LogP contribution is 2.17. The number of aryl methyl sites for hydroxylation is 2. The second kappa shape index (κ2) is 4.89. The molecular weight excluding hydrogens is 250 g/mol. The van der Waals surface area contributed by atoms with Gasteiger partial charge in [-0.1, -0.05) is 35.5 Å². The highest BCUT2D eigenvalue weighted by Gasteiger charge is 2.11. The first-order valence-electron chi connectivity index (χ1n) is 6.54. The van der Waals surface area contributed by atoms with Crippen molar-refractivity contribution in [2.45, 2.75) is 20.4 Å². The monoisotopic (exact) mass is 265 g/mol. The minimum atomic E-state index is 0.0376. The van der Waals surface area contributed by atoms with Crippen molar-refractivity contribution in [2.24, 2.45) is 0 Å². The average Bonchev–Trinajstić information content (AvgIpc) is 2.83. The van der Waals surface area contributed by atoms with Crippen molar-refractivity contribution in [3.05, 3.63) is 59.2 Å². The van der Waals surface area contributed by atoms with Crippen LogP contribution < -0.4 is 0 Å². The molecule has 0 atom stereocenters. The standard InChI is InChI=1S/C16H15N3O/c1-11-8-14-15(9-12(11)2)19(18-17-14)10-16(20)13-6-4-3-5-7-13/h3-9H,10H2,1-2H3. The normalized spacial score (nSPS) is 10.9. The Labute approximate surface area is 117 Å². The predicted octanol–water partition coefficient (Wildman–Crippen LogP) is 2.93. The number of nitrogens with zero attached hydrogens (tertiary/aromatic N) is 3. The van der Waals surface area contributed by atoms with E-state index in [2.05, 4.69) is 10.3 Å². The number of benzene rings is 2. The Morgan fingerprint density at radius 3 is 2.55 bits per heavy atom. The minimum Gasteiger partial charge on any atom is -0.292 e. The largest absolute Gasteiger partial charge is 0.292 e. The van der Waals surface area contributed by atoms with Gasteiger partial charge >= 0.3 is 0 Å². The molecule has 0 N–H and O–H groups in total. The van der Waals surface area contributed by atoms with Crippen LogP contribution in [0.2, 0.25) is 0 Å². The molecule has 4 nitrogen and oxygen atoms in total. The summed E-state index contributed by atoms with van der Waals surface area (Å²) in [4.78, 5) is 12.2. The first-order valence-corrected chi connectivity index (χ1v) is 6.54. The fraction of sp³-hybridized carbons (Fsp3) is 0.188. The highest BCUT2D eigenvalue weighted by atomic mass is 16.1. The van der Waals surface area contributed by atoms with Crippen molar-refractivity contribution in [3.8, 4) is 0 Å². The van der Waals surface area contributed by atoms with Crippen molar-refractivity contribution in [2.75, 3.05) is 0 Å². The number of hydrogen-bond acceptors (Lipinski definition) is 3. The van der Waals surface area contributed by atoms with Crippen LogP contribution in [-0.4, -0.2) is 20.8 Å². The molecule has 0 fully saturated rings. The average molecular weight is 265 g/mol. The van der Waals surface area contributed by atoms with E-state index in [1.54, 1.807) is 4.68 Å². The summed E-state index contributed by atoms with van der Waals surface area (Å²) < 4.78 is 1.66. The van der Waals surface area contributed by atoms with Crippen LogP contribution in [0.15, 0.2) is 42.5 Å². The third-order valence-corrected chi connectivity index (χ3v) is 3.52. The molecule has 0 amide bonds. The third kappa shape index (κ3) is 2.20. The minimum absolute atomic E-state index is 0.0376. The number of ketones is 1. The number of carbonyl (C=O) groups excluding carboxylic acids is 1. The van der Waals surface area contributed by atoms with Gasteiger partial charge in [0.1, 0.15) is 12.1 Å². The Bertz CT molecular complexity index is 775. The van der Waals surface area contributed by atoms with Gasteiger partial charge in [-0.2, -0.15) is 0 Å². The smallest absolute Gasteiger partial charge is 0.184 e. The van der Waals surface area contributed by atoms with E-state index >= 15 is 0 Å². The summed E-state index contributed by atoms with van der Waals surface area (Å²) in [6.07, 6.45) is 0. The Hall–Kier alpha value is -2.49. The molecule has 100 valence electrons. The fourth-order valence-corrected chi connectivity index (χ4v) is 2.19. The molecule has 0 saturated heterocycles. The molecule has 1 aromatic heterocycles. The van der Waals surface area contributed by atoms with Crippen molar-refractivity contribution in [3.63, 3.8) is 0 Å². The van der Waals surface area contributed by atoms with Crippen LogP contribution in [0.3, 0.4) is 0 Å². The Morgan fingerprint density at radius 1 is 1.10 bits per heavy atom. The Balaban J connectivity index is 1.96. The van der Waals surface area contributed by atoms with Crippen LogP contribution in [0.4, 0.5) is 0 Å². The highest BCUT2D eigenvalue weighted by molar-refractivity contribution is 5.96. The summed E-state index contributed by atoms with van der Waals surface area (Å²) in [6, 6.07) is 13.3. The summed E-state index contributed by atoms with van der Waals surface area (Å²) in [5.41, 5.74) is 4.78. The summed E-state index contributed by atoms with van der Waals surface area (Å²) >= 11 is 0. The van der Waals surface area contributed by atoms with Gasteiger partial charge in [0.25, 0.3) is 0 Å². The first-order chi connectivity index (χ1) is 9.65. The van der Waals surface area contributed by atoms with Gasteiger partial charge in [-0.25, -0.2) is 4.68 Å². The van der Waals surface area contributed by atoms with Crippen molar-refractivity contribution < 1.29 is 4.79 Å². The quantitative estimate of drug-likeness (QED) is 0.684. The molecule has 3 aromatic rings. The molecule has 3 rings (SSSR count). The van der Waals surface area contributed by atoms with Crippen LogP contribution in [0.25, 0.3) is 11.0 Å². The molecular formula is C16H15N3O. The number of carbonyl (C=O) groups is 1. The van der Waals surface area contributed by atoms with E-state index in [0.29, 0.717) is 5.56 Å². The van der Waals surface area contributed by atoms with Gasteiger partial charge in [0.2, 0.25) is 0 Å². The first kappa shape index (κ1) is 12.5. The van der Waals surface area contributed by atoms with E-state index in [4.69, 9.17) is 0 Å². The van der Waals surface area contributed by atoms with E-state index in [1.807, 2.05) is 56.3 Å². The summed E-state index contributed by atoms with van der Waals surface area (Å²) in [6.45, 7) is 4.30. The number of rotatable bonds is 3. The molecule has 0 saturated carbocycles. The van der Waals surface area contributed by atoms with Crippen molar-refractivity contribution in [1.82, 2.24) is 15.0 Å². The SMILES string of the molecule is Cc1cc2nnn(CC(=O)c3ccccc3)c2cc1C. The van der Waals surface area contributed by atoms with Crippen LogP contribution in [0, 0.1) is 13.8 Å². The zero-order valence-electron chi connectivity index (χ0n) is 11.5. The fourth-order valence-electron chi connectivity index (χ4n) is 2.19.